The van der Waals surface area contributed by atoms with E-state index in [0.29, 0.717) is 16.8 Å². The molecule has 0 saturated carbocycles. The van der Waals surface area contributed by atoms with E-state index in [1.807, 2.05) is 26.8 Å². The van der Waals surface area contributed by atoms with Crippen LogP contribution in [0.15, 0.2) is 60.7 Å². The smallest absolute Gasteiger partial charge is 0.394 e. The number of aryl methyl sites for hydroxylation is 1. The highest BCUT2D eigenvalue weighted by Crippen LogP contribution is 2.36. The summed E-state index contributed by atoms with van der Waals surface area (Å²) in [6.07, 6.45) is -0.431. The third kappa shape index (κ3) is 10.1. The maximum absolute atomic E-state index is 14.1. The average molecular weight is 719 g/mol. The predicted octanol–water partition coefficient (Wildman–Crippen LogP) is 3.54. The SMILES string of the molecule is CC(C)(C)NC1C(c2ccc(CN3C(=O)[C@H](NC(=O)CC(C)(C)NC[C@H](O)CO)CCc4cc(C(F)(F)F)ccc43)cc2)=CC=CC1=S(=O)=O. The minimum absolute atomic E-state index is 0.000513. The van der Waals surface area contributed by atoms with Crippen molar-refractivity contribution in [2.75, 3.05) is 18.1 Å². The Morgan fingerprint density at radius 2 is 1.74 bits per heavy atom. The summed E-state index contributed by atoms with van der Waals surface area (Å²) >= 11 is 0. The van der Waals surface area contributed by atoms with E-state index in [1.54, 1.807) is 50.3 Å². The molecule has 2 aliphatic rings. The quantitative estimate of drug-likeness (QED) is 0.222. The van der Waals surface area contributed by atoms with Crippen LogP contribution in [-0.4, -0.2) is 77.7 Å². The van der Waals surface area contributed by atoms with Gasteiger partial charge in [0, 0.05) is 29.7 Å². The largest absolute Gasteiger partial charge is 0.416 e. The zero-order chi connectivity index (χ0) is 37.0. The minimum atomic E-state index is -4.58. The number of anilines is 1. The molecule has 2 aromatic rings. The topological polar surface area (TPSA) is 148 Å². The first-order valence-corrected chi connectivity index (χ1v) is 17.4. The summed E-state index contributed by atoms with van der Waals surface area (Å²) in [5.74, 6) is -0.942. The van der Waals surface area contributed by atoms with Crippen LogP contribution in [0.3, 0.4) is 0 Å². The lowest BCUT2D eigenvalue weighted by atomic mass is 9.90. The van der Waals surface area contributed by atoms with Gasteiger partial charge < -0.3 is 31.1 Å². The predicted molar refractivity (Wildman–Crippen MR) is 187 cm³/mol. The number of alkyl halides is 3. The van der Waals surface area contributed by atoms with Crippen LogP contribution in [0.4, 0.5) is 18.9 Å². The van der Waals surface area contributed by atoms with Crippen LogP contribution < -0.4 is 20.9 Å². The molecule has 2 aromatic carbocycles. The standard InChI is InChI=1S/C36H45F3N4O6S/c1-34(2,3)42-32-27(7-6-8-30(32)50(48)49)23-11-9-22(10-12-23)20-43-29-16-14-25(36(37,38)39)17-24(29)13-15-28(33(43)47)41-31(46)18-35(4,5)40-19-26(45)21-44/h6-12,14,16-17,26,28,32,40,42,44-45H,13,15,18-21H2,1-5H3,(H,41,46)/t26-,28+,32?/m0/s1. The Hall–Kier alpha value is -3.82. The molecule has 0 aromatic heterocycles. The van der Waals surface area contributed by atoms with Crippen molar-refractivity contribution in [1.82, 2.24) is 16.0 Å². The van der Waals surface area contributed by atoms with Gasteiger partial charge in [0.1, 0.15) is 6.04 Å². The van der Waals surface area contributed by atoms with Crippen LogP contribution >= 0.6 is 0 Å². The van der Waals surface area contributed by atoms with Gasteiger partial charge in [0.25, 0.3) is 0 Å². The number of aliphatic hydroxyl groups excluding tert-OH is 2. The van der Waals surface area contributed by atoms with Gasteiger partial charge in [0.05, 0.1) is 35.7 Å². The maximum atomic E-state index is 14.1. The lowest BCUT2D eigenvalue weighted by Crippen LogP contribution is -2.51. The van der Waals surface area contributed by atoms with E-state index in [0.717, 1.165) is 23.3 Å². The number of amides is 2. The Balaban J connectivity index is 1.62. The highest BCUT2D eigenvalue weighted by atomic mass is 32.2. The molecule has 0 fully saturated rings. The van der Waals surface area contributed by atoms with Crippen LogP contribution in [-0.2, 0) is 39.0 Å². The second-order valence-electron chi connectivity index (χ2n) is 14.3. The van der Waals surface area contributed by atoms with Gasteiger partial charge in [-0.3, -0.25) is 9.59 Å². The number of rotatable bonds is 11. The Labute approximate surface area is 292 Å². The van der Waals surface area contributed by atoms with Gasteiger partial charge in [-0.25, -0.2) is 0 Å². The molecule has 2 amide bonds. The van der Waals surface area contributed by atoms with Gasteiger partial charge in [0.15, 0.2) is 0 Å². The number of nitrogens with zero attached hydrogens (tertiary/aromatic N) is 1. The fourth-order valence-corrected chi connectivity index (χ4v) is 6.56. The zero-order valence-electron chi connectivity index (χ0n) is 28.8. The fraction of sp³-hybridized carbons (Fsp3) is 0.472. The van der Waals surface area contributed by atoms with Gasteiger partial charge in [-0.2, -0.15) is 21.6 Å². The van der Waals surface area contributed by atoms with Crippen LogP contribution in [0.2, 0.25) is 0 Å². The van der Waals surface area contributed by atoms with Crippen molar-refractivity contribution >= 4 is 38.2 Å². The molecule has 0 radical (unpaired) electrons. The lowest BCUT2D eigenvalue weighted by molar-refractivity contribution is -0.137. The van der Waals surface area contributed by atoms with Crippen LogP contribution in [0.1, 0.15) is 69.7 Å². The van der Waals surface area contributed by atoms with Crippen LogP contribution in [0.5, 0.6) is 0 Å². The molecule has 1 unspecified atom stereocenters. The Morgan fingerprint density at radius 1 is 1.06 bits per heavy atom. The average Bonchev–Trinajstić information content (AvgIpc) is 3.14. The first-order chi connectivity index (χ1) is 23.3. The maximum Gasteiger partial charge on any atom is 0.416 e. The number of fused-ring (bicyclic) bond motifs is 1. The normalized spacial score (nSPS) is 19.1. The molecule has 10 nitrogen and oxygen atoms in total. The van der Waals surface area contributed by atoms with Crippen molar-refractivity contribution in [3.8, 4) is 0 Å². The summed E-state index contributed by atoms with van der Waals surface area (Å²) in [7, 11) is -2.46. The number of benzene rings is 2. The van der Waals surface area contributed by atoms with Crippen LogP contribution in [0.25, 0.3) is 5.57 Å². The molecule has 1 heterocycles. The van der Waals surface area contributed by atoms with Gasteiger partial charge in [-0.1, -0.05) is 36.4 Å². The van der Waals surface area contributed by atoms with Crippen molar-refractivity contribution in [2.45, 2.75) is 95.9 Å². The third-order valence-corrected chi connectivity index (χ3v) is 9.22. The zero-order valence-corrected chi connectivity index (χ0v) is 29.6. The first-order valence-electron chi connectivity index (χ1n) is 16.3. The number of hydrogen-bond donors (Lipinski definition) is 5. The monoisotopic (exact) mass is 718 g/mol. The summed E-state index contributed by atoms with van der Waals surface area (Å²) in [6.45, 7) is 8.86. The molecule has 0 spiro atoms. The summed E-state index contributed by atoms with van der Waals surface area (Å²) in [6, 6.07) is 8.82. The van der Waals surface area contributed by atoms with E-state index >= 15 is 0 Å². The second-order valence-corrected chi connectivity index (χ2v) is 15.3. The van der Waals surface area contributed by atoms with E-state index in [2.05, 4.69) is 16.0 Å². The molecule has 14 heteroatoms. The molecular formula is C36H45F3N4O6S. The molecule has 50 heavy (non-hydrogen) atoms. The second kappa shape index (κ2) is 15.6. The number of β-amino-alcohol motifs (C(OH)–C–C–N with tert-alkyl or cyclic N) is 1. The number of hydrogen-bond acceptors (Lipinski definition) is 8. The fourth-order valence-electron chi connectivity index (χ4n) is 5.99. The van der Waals surface area contributed by atoms with Gasteiger partial charge in [-0.05, 0) is 94.0 Å². The molecule has 5 N–H and O–H groups in total. The molecule has 272 valence electrons. The molecule has 1 aliphatic carbocycles. The summed E-state index contributed by atoms with van der Waals surface area (Å²) < 4.78 is 65.2. The van der Waals surface area contributed by atoms with Gasteiger partial charge in [0.2, 0.25) is 22.1 Å². The molecule has 0 saturated heterocycles. The van der Waals surface area contributed by atoms with Gasteiger partial charge in [-0.15, -0.1) is 0 Å². The minimum Gasteiger partial charge on any atom is -0.394 e. The Morgan fingerprint density at radius 3 is 2.34 bits per heavy atom. The number of nitrogens with one attached hydrogen (secondary N) is 3. The van der Waals surface area contributed by atoms with E-state index in [-0.39, 0.29) is 37.2 Å². The van der Waals surface area contributed by atoms with Gasteiger partial charge >= 0.3 is 6.18 Å². The molecule has 1 aliphatic heterocycles. The molecule has 0 bridgehead atoms. The number of aliphatic hydroxyl groups is 2. The highest BCUT2D eigenvalue weighted by molar-refractivity contribution is 7.73. The van der Waals surface area contributed by atoms with Crippen molar-refractivity contribution in [3.63, 3.8) is 0 Å². The van der Waals surface area contributed by atoms with E-state index in [4.69, 9.17) is 5.11 Å². The lowest BCUT2D eigenvalue weighted by Gasteiger charge is -2.31. The Bertz CT molecular complexity index is 1770. The van der Waals surface area contributed by atoms with E-state index < -0.39 is 69.7 Å². The number of carbonyl (C=O) groups is 2. The summed E-state index contributed by atoms with van der Waals surface area (Å²) in [5.41, 5.74) is 0.733. The number of halogens is 3. The molecular weight excluding hydrogens is 673 g/mol. The summed E-state index contributed by atoms with van der Waals surface area (Å²) in [4.78, 5) is 28.8. The summed E-state index contributed by atoms with van der Waals surface area (Å²) in [5, 5.41) is 27.9. The molecule has 3 atom stereocenters. The van der Waals surface area contributed by atoms with Crippen LogP contribution in [0, 0.1) is 0 Å². The highest BCUT2D eigenvalue weighted by Gasteiger charge is 2.36. The van der Waals surface area contributed by atoms with Crippen molar-refractivity contribution < 1.29 is 41.4 Å². The van der Waals surface area contributed by atoms with E-state index in [1.165, 1.54) is 11.0 Å². The molecule has 4 rings (SSSR count). The first kappa shape index (κ1) is 39.0. The van der Waals surface area contributed by atoms with Crippen molar-refractivity contribution in [2.24, 2.45) is 0 Å². The van der Waals surface area contributed by atoms with Crippen molar-refractivity contribution in [3.05, 3.63) is 82.9 Å². The Kier molecular flexibility index (Phi) is 12.2. The number of allylic oxidation sites excluding steroid dienone is 2. The number of carbonyl (C=O) groups excluding carboxylic acids is 2. The van der Waals surface area contributed by atoms with Crippen molar-refractivity contribution in [1.29, 1.82) is 0 Å². The third-order valence-electron chi connectivity index (χ3n) is 8.46. The van der Waals surface area contributed by atoms with E-state index in [9.17, 15) is 36.3 Å².